The van der Waals surface area contributed by atoms with Gasteiger partial charge >= 0.3 is 0 Å². The van der Waals surface area contributed by atoms with E-state index in [1.165, 1.54) is 12.3 Å². The molecular weight excluding hydrogens is 283 g/mol. The Hall–Kier alpha value is -1.99. The topological polar surface area (TPSA) is 68.3 Å². The number of para-hydroxylation sites is 1. The predicted molar refractivity (Wildman–Crippen MR) is 71.3 cm³/mol. The van der Waals surface area contributed by atoms with Crippen molar-refractivity contribution in [3.05, 3.63) is 54.5 Å². The first-order chi connectivity index (χ1) is 9.59. The van der Waals surface area contributed by atoms with Gasteiger partial charge in [0.05, 0.1) is 0 Å². The molecule has 2 aromatic rings. The fourth-order valence-corrected chi connectivity index (χ4v) is 2.51. The smallest absolute Gasteiger partial charge is 0.261 e. The van der Waals surface area contributed by atoms with Crippen molar-refractivity contribution < 1.29 is 17.5 Å². The van der Waals surface area contributed by atoms with Crippen LogP contribution < -0.4 is 9.46 Å². The van der Waals surface area contributed by atoms with Crippen molar-refractivity contribution in [1.29, 1.82) is 0 Å². The summed E-state index contributed by atoms with van der Waals surface area (Å²) in [4.78, 5) is 3.52. The summed E-state index contributed by atoms with van der Waals surface area (Å²) in [6.45, 7) is 0.158. The number of aromatic nitrogens is 1. The Morgan fingerprint density at radius 1 is 1.15 bits per heavy atom. The second-order valence-electron chi connectivity index (χ2n) is 3.85. The normalized spacial score (nSPS) is 11.2. The SMILES string of the molecule is O=S(=O)(NCCOc1ccccc1)c1ncccc1F. The Kier molecular flexibility index (Phi) is 4.65. The maximum absolute atomic E-state index is 13.3. The zero-order valence-electron chi connectivity index (χ0n) is 10.5. The third-order valence-corrected chi connectivity index (χ3v) is 3.78. The van der Waals surface area contributed by atoms with Gasteiger partial charge in [-0.1, -0.05) is 18.2 Å². The molecule has 5 nitrogen and oxygen atoms in total. The van der Waals surface area contributed by atoms with E-state index in [1.807, 2.05) is 18.2 Å². The molecule has 0 amide bonds. The molecule has 0 radical (unpaired) electrons. The quantitative estimate of drug-likeness (QED) is 0.822. The fraction of sp³-hybridized carbons (Fsp3) is 0.154. The van der Waals surface area contributed by atoms with Crippen LogP contribution in [0.15, 0.2) is 53.7 Å². The van der Waals surface area contributed by atoms with Gasteiger partial charge in [0.1, 0.15) is 12.4 Å². The lowest BCUT2D eigenvalue weighted by Crippen LogP contribution is -2.29. The molecule has 0 saturated heterocycles. The van der Waals surface area contributed by atoms with E-state index in [0.29, 0.717) is 5.75 Å². The van der Waals surface area contributed by atoms with E-state index in [9.17, 15) is 12.8 Å². The molecule has 0 fully saturated rings. The Bertz CT molecular complexity index is 662. The summed E-state index contributed by atoms with van der Waals surface area (Å²) in [6.07, 6.45) is 1.22. The Balaban J connectivity index is 1.89. The number of pyridine rings is 1. The molecule has 0 unspecified atom stereocenters. The number of halogens is 1. The Morgan fingerprint density at radius 2 is 1.90 bits per heavy atom. The number of hydrogen-bond donors (Lipinski definition) is 1. The molecule has 0 aliphatic heterocycles. The first-order valence-electron chi connectivity index (χ1n) is 5.87. The lowest BCUT2D eigenvalue weighted by Gasteiger charge is -2.08. The van der Waals surface area contributed by atoms with Crippen molar-refractivity contribution in [2.45, 2.75) is 5.03 Å². The summed E-state index contributed by atoms with van der Waals surface area (Å²) in [5.74, 6) is -0.250. The summed E-state index contributed by atoms with van der Waals surface area (Å²) in [5, 5.41) is -0.611. The number of benzene rings is 1. The minimum Gasteiger partial charge on any atom is -0.492 e. The number of rotatable bonds is 6. The summed E-state index contributed by atoms with van der Waals surface area (Å²) >= 11 is 0. The second-order valence-corrected chi connectivity index (χ2v) is 5.53. The number of nitrogens with one attached hydrogen (secondary N) is 1. The molecule has 2 rings (SSSR count). The number of sulfonamides is 1. The monoisotopic (exact) mass is 296 g/mol. The largest absolute Gasteiger partial charge is 0.492 e. The molecule has 0 aliphatic carbocycles. The fourth-order valence-electron chi connectivity index (χ4n) is 1.50. The van der Waals surface area contributed by atoms with Gasteiger partial charge in [-0.25, -0.2) is 22.5 Å². The van der Waals surface area contributed by atoms with Crippen LogP contribution in [-0.4, -0.2) is 26.6 Å². The molecule has 1 heterocycles. The van der Waals surface area contributed by atoms with Crippen molar-refractivity contribution in [2.75, 3.05) is 13.2 Å². The van der Waals surface area contributed by atoms with Crippen LogP contribution in [0, 0.1) is 5.82 Å². The number of nitrogens with zero attached hydrogens (tertiary/aromatic N) is 1. The van der Waals surface area contributed by atoms with E-state index in [-0.39, 0.29) is 13.2 Å². The van der Waals surface area contributed by atoms with E-state index < -0.39 is 20.9 Å². The van der Waals surface area contributed by atoms with Gasteiger partial charge in [0.15, 0.2) is 5.82 Å². The van der Waals surface area contributed by atoms with Gasteiger partial charge in [0.25, 0.3) is 10.0 Å². The third kappa shape index (κ3) is 3.75. The molecule has 0 bridgehead atoms. The van der Waals surface area contributed by atoms with Crippen LogP contribution >= 0.6 is 0 Å². The van der Waals surface area contributed by atoms with Gasteiger partial charge < -0.3 is 4.74 Å². The highest BCUT2D eigenvalue weighted by Crippen LogP contribution is 2.10. The first-order valence-corrected chi connectivity index (χ1v) is 7.36. The van der Waals surface area contributed by atoms with Gasteiger partial charge in [0, 0.05) is 12.7 Å². The highest BCUT2D eigenvalue weighted by atomic mass is 32.2. The van der Waals surface area contributed by atoms with E-state index in [4.69, 9.17) is 4.74 Å². The highest BCUT2D eigenvalue weighted by Gasteiger charge is 2.19. The summed E-state index contributed by atoms with van der Waals surface area (Å²) in [5.41, 5.74) is 0. The molecular formula is C13H13FN2O3S. The van der Waals surface area contributed by atoms with Crippen LogP contribution in [0.2, 0.25) is 0 Å². The number of ether oxygens (including phenoxy) is 1. The van der Waals surface area contributed by atoms with Crippen LogP contribution in [0.25, 0.3) is 0 Å². The minimum absolute atomic E-state index is 0.0211. The summed E-state index contributed by atoms with van der Waals surface area (Å²) < 4.78 is 44.5. The zero-order chi connectivity index (χ0) is 14.4. The zero-order valence-corrected chi connectivity index (χ0v) is 11.3. The molecule has 1 aromatic heterocycles. The van der Waals surface area contributed by atoms with E-state index in [1.54, 1.807) is 12.1 Å². The first kappa shape index (κ1) is 14.4. The molecule has 0 aliphatic rings. The van der Waals surface area contributed by atoms with Crippen molar-refractivity contribution in [1.82, 2.24) is 9.71 Å². The summed E-state index contributed by atoms with van der Waals surface area (Å²) in [6, 6.07) is 11.3. The predicted octanol–water partition coefficient (Wildman–Crippen LogP) is 1.58. The molecule has 7 heteroatoms. The highest BCUT2D eigenvalue weighted by molar-refractivity contribution is 7.89. The van der Waals surface area contributed by atoms with Crippen LogP contribution in [-0.2, 0) is 10.0 Å². The van der Waals surface area contributed by atoms with E-state index in [2.05, 4.69) is 9.71 Å². The average Bonchev–Trinajstić information content (AvgIpc) is 2.45. The third-order valence-electron chi connectivity index (χ3n) is 2.39. The van der Waals surface area contributed by atoms with Gasteiger partial charge in [-0.2, -0.15) is 0 Å². The molecule has 0 saturated carbocycles. The van der Waals surface area contributed by atoms with E-state index >= 15 is 0 Å². The standard InChI is InChI=1S/C13H13FN2O3S/c14-12-7-4-8-15-13(12)20(17,18)16-9-10-19-11-5-2-1-3-6-11/h1-8,16H,9-10H2. The Labute approximate surface area is 116 Å². The summed E-state index contributed by atoms with van der Waals surface area (Å²) in [7, 11) is -3.96. The van der Waals surface area contributed by atoms with Gasteiger partial charge in [-0.3, -0.25) is 0 Å². The van der Waals surface area contributed by atoms with Crippen LogP contribution in [0.5, 0.6) is 5.75 Å². The molecule has 20 heavy (non-hydrogen) atoms. The molecule has 0 spiro atoms. The van der Waals surface area contributed by atoms with Crippen LogP contribution in [0.3, 0.4) is 0 Å². The van der Waals surface area contributed by atoms with Crippen LogP contribution in [0.1, 0.15) is 0 Å². The maximum atomic E-state index is 13.3. The average molecular weight is 296 g/mol. The molecule has 106 valence electrons. The van der Waals surface area contributed by atoms with Crippen molar-refractivity contribution in [3.8, 4) is 5.75 Å². The van der Waals surface area contributed by atoms with Crippen LogP contribution in [0.4, 0.5) is 4.39 Å². The lowest BCUT2D eigenvalue weighted by molar-refractivity contribution is 0.322. The maximum Gasteiger partial charge on any atom is 0.261 e. The minimum atomic E-state index is -3.96. The second kappa shape index (κ2) is 6.44. The van der Waals surface area contributed by atoms with E-state index in [0.717, 1.165) is 6.07 Å². The number of hydrogen-bond acceptors (Lipinski definition) is 4. The molecule has 1 N–H and O–H groups in total. The van der Waals surface area contributed by atoms with Gasteiger partial charge in [0.2, 0.25) is 5.03 Å². The Morgan fingerprint density at radius 3 is 2.60 bits per heavy atom. The lowest BCUT2D eigenvalue weighted by atomic mass is 10.3. The van der Waals surface area contributed by atoms with Gasteiger partial charge in [-0.15, -0.1) is 0 Å². The van der Waals surface area contributed by atoms with Crippen molar-refractivity contribution in [3.63, 3.8) is 0 Å². The molecule has 1 aromatic carbocycles. The van der Waals surface area contributed by atoms with Gasteiger partial charge in [-0.05, 0) is 24.3 Å². The van der Waals surface area contributed by atoms with Crippen molar-refractivity contribution in [2.24, 2.45) is 0 Å². The molecule has 0 atom stereocenters. The van der Waals surface area contributed by atoms with Crippen molar-refractivity contribution >= 4 is 10.0 Å².